The third-order valence-corrected chi connectivity index (χ3v) is 3.41. The highest BCUT2D eigenvalue weighted by Gasteiger charge is 2.36. The molecule has 1 N–H and O–H groups in total. The van der Waals surface area contributed by atoms with Gasteiger partial charge in [0.15, 0.2) is 0 Å². The van der Waals surface area contributed by atoms with Crippen molar-refractivity contribution in [2.24, 2.45) is 5.41 Å². The molecular weight excluding hydrogens is 216 g/mol. The number of nitrogens with zero attached hydrogens (tertiary/aromatic N) is 1. The Morgan fingerprint density at radius 3 is 2.76 bits per heavy atom. The standard InChI is InChI=1S/C13H18N2O2/c1-13(7-8-13)10-14-9-6-11-4-2-3-5-12(11)15(16)17/h2-5,14H,6-10H2,1H3. The van der Waals surface area contributed by atoms with Crippen molar-refractivity contribution in [3.8, 4) is 0 Å². The van der Waals surface area contributed by atoms with Crippen molar-refractivity contribution < 1.29 is 4.92 Å². The highest BCUT2D eigenvalue weighted by atomic mass is 16.6. The molecular formula is C13H18N2O2. The molecule has 1 fully saturated rings. The fraction of sp³-hybridized carbons (Fsp3) is 0.538. The molecule has 0 heterocycles. The van der Waals surface area contributed by atoms with E-state index in [-0.39, 0.29) is 10.6 Å². The summed E-state index contributed by atoms with van der Waals surface area (Å²) in [4.78, 5) is 10.5. The lowest BCUT2D eigenvalue weighted by Crippen LogP contribution is -2.24. The Morgan fingerprint density at radius 2 is 2.12 bits per heavy atom. The van der Waals surface area contributed by atoms with Gasteiger partial charge in [0.1, 0.15) is 0 Å². The van der Waals surface area contributed by atoms with Crippen LogP contribution in [-0.2, 0) is 6.42 Å². The van der Waals surface area contributed by atoms with Gasteiger partial charge in [-0.3, -0.25) is 10.1 Å². The van der Waals surface area contributed by atoms with Crippen LogP contribution >= 0.6 is 0 Å². The Hall–Kier alpha value is -1.42. The van der Waals surface area contributed by atoms with E-state index in [0.717, 1.165) is 18.7 Å². The summed E-state index contributed by atoms with van der Waals surface area (Å²) in [6, 6.07) is 6.96. The van der Waals surface area contributed by atoms with Gasteiger partial charge in [-0.05, 0) is 31.2 Å². The van der Waals surface area contributed by atoms with Crippen LogP contribution in [0.15, 0.2) is 24.3 Å². The molecule has 1 aliphatic carbocycles. The topological polar surface area (TPSA) is 55.2 Å². The number of nitrogens with one attached hydrogen (secondary N) is 1. The quantitative estimate of drug-likeness (QED) is 0.467. The third kappa shape index (κ3) is 3.27. The van der Waals surface area contributed by atoms with E-state index in [0.29, 0.717) is 11.8 Å². The number of nitro groups is 1. The normalized spacial score (nSPS) is 16.8. The van der Waals surface area contributed by atoms with E-state index in [1.165, 1.54) is 12.8 Å². The highest BCUT2D eigenvalue weighted by molar-refractivity contribution is 5.39. The zero-order chi connectivity index (χ0) is 12.3. The van der Waals surface area contributed by atoms with Gasteiger partial charge in [-0.2, -0.15) is 0 Å². The first-order valence-corrected chi connectivity index (χ1v) is 6.04. The lowest BCUT2D eigenvalue weighted by molar-refractivity contribution is -0.385. The molecule has 0 radical (unpaired) electrons. The number of benzene rings is 1. The van der Waals surface area contributed by atoms with Gasteiger partial charge >= 0.3 is 0 Å². The number of para-hydroxylation sites is 1. The molecule has 0 bridgehead atoms. The Kier molecular flexibility index (Phi) is 3.43. The molecule has 4 nitrogen and oxygen atoms in total. The van der Waals surface area contributed by atoms with Crippen LogP contribution in [0.25, 0.3) is 0 Å². The zero-order valence-corrected chi connectivity index (χ0v) is 10.1. The highest BCUT2D eigenvalue weighted by Crippen LogP contribution is 2.43. The van der Waals surface area contributed by atoms with E-state index in [1.807, 2.05) is 12.1 Å². The Bertz CT molecular complexity index is 414. The van der Waals surface area contributed by atoms with Crippen molar-refractivity contribution in [1.82, 2.24) is 5.32 Å². The smallest absolute Gasteiger partial charge is 0.272 e. The SMILES string of the molecule is CC1(CNCCc2ccccc2[N+](=O)[O-])CC1. The molecule has 0 aromatic heterocycles. The van der Waals surface area contributed by atoms with Crippen LogP contribution in [0.2, 0.25) is 0 Å². The van der Waals surface area contributed by atoms with E-state index in [9.17, 15) is 10.1 Å². The number of nitro benzene ring substituents is 1. The monoisotopic (exact) mass is 234 g/mol. The largest absolute Gasteiger partial charge is 0.316 e. The summed E-state index contributed by atoms with van der Waals surface area (Å²) in [7, 11) is 0. The molecule has 0 atom stereocenters. The van der Waals surface area contributed by atoms with E-state index < -0.39 is 0 Å². The first-order chi connectivity index (χ1) is 8.11. The van der Waals surface area contributed by atoms with Crippen LogP contribution in [-0.4, -0.2) is 18.0 Å². The maximum atomic E-state index is 10.8. The van der Waals surface area contributed by atoms with Crippen molar-refractivity contribution in [1.29, 1.82) is 0 Å². The second kappa shape index (κ2) is 4.84. The molecule has 1 aliphatic rings. The lowest BCUT2D eigenvalue weighted by atomic mass is 10.1. The van der Waals surface area contributed by atoms with Gasteiger partial charge in [0.05, 0.1) is 4.92 Å². The van der Waals surface area contributed by atoms with Gasteiger partial charge in [-0.25, -0.2) is 0 Å². The van der Waals surface area contributed by atoms with Crippen molar-refractivity contribution in [2.75, 3.05) is 13.1 Å². The van der Waals surface area contributed by atoms with E-state index in [1.54, 1.807) is 12.1 Å². The Balaban J connectivity index is 1.83. The van der Waals surface area contributed by atoms with Crippen LogP contribution in [0.3, 0.4) is 0 Å². The summed E-state index contributed by atoms with van der Waals surface area (Å²) in [5, 5.41) is 14.2. The third-order valence-electron chi connectivity index (χ3n) is 3.41. The zero-order valence-electron chi connectivity index (χ0n) is 10.1. The second-order valence-electron chi connectivity index (χ2n) is 5.12. The molecule has 1 aromatic rings. The molecule has 0 amide bonds. The maximum Gasteiger partial charge on any atom is 0.272 e. The molecule has 0 unspecified atom stereocenters. The summed E-state index contributed by atoms with van der Waals surface area (Å²) in [5.74, 6) is 0. The fourth-order valence-electron chi connectivity index (χ4n) is 1.90. The molecule has 0 spiro atoms. The summed E-state index contributed by atoms with van der Waals surface area (Å²) in [6.45, 7) is 4.10. The summed E-state index contributed by atoms with van der Waals surface area (Å²) >= 11 is 0. The fourth-order valence-corrected chi connectivity index (χ4v) is 1.90. The van der Waals surface area contributed by atoms with Crippen LogP contribution in [0.5, 0.6) is 0 Å². The first kappa shape index (κ1) is 12.0. The van der Waals surface area contributed by atoms with E-state index >= 15 is 0 Å². The van der Waals surface area contributed by atoms with Gasteiger partial charge in [-0.15, -0.1) is 0 Å². The minimum absolute atomic E-state index is 0.229. The van der Waals surface area contributed by atoms with Gasteiger partial charge in [0, 0.05) is 18.2 Å². The second-order valence-corrected chi connectivity index (χ2v) is 5.12. The molecule has 1 aromatic carbocycles. The molecule has 4 heteroatoms. The van der Waals surface area contributed by atoms with Crippen molar-refractivity contribution in [3.63, 3.8) is 0 Å². The predicted octanol–water partition coefficient (Wildman–Crippen LogP) is 2.53. The molecule has 0 saturated heterocycles. The van der Waals surface area contributed by atoms with Crippen molar-refractivity contribution in [3.05, 3.63) is 39.9 Å². The number of rotatable bonds is 6. The van der Waals surface area contributed by atoms with Crippen LogP contribution in [0.4, 0.5) is 5.69 Å². The minimum Gasteiger partial charge on any atom is -0.316 e. The van der Waals surface area contributed by atoms with Crippen molar-refractivity contribution in [2.45, 2.75) is 26.2 Å². The minimum atomic E-state index is -0.308. The molecule has 92 valence electrons. The first-order valence-electron chi connectivity index (χ1n) is 6.04. The van der Waals surface area contributed by atoms with Gasteiger partial charge < -0.3 is 5.32 Å². The van der Waals surface area contributed by atoms with E-state index in [2.05, 4.69) is 12.2 Å². The van der Waals surface area contributed by atoms with Gasteiger partial charge in [0.25, 0.3) is 5.69 Å². The maximum absolute atomic E-state index is 10.8. The van der Waals surface area contributed by atoms with Gasteiger partial charge in [-0.1, -0.05) is 25.1 Å². The Morgan fingerprint density at radius 1 is 1.41 bits per heavy atom. The summed E-state index contributed by atoms with van der Waals surface area (Å²) in [6.07, 6.45) is 3.31. The van der Waals surface area contributed by atoms with Crippen LogP contribution in [0, 0.1) is 15.5 Å². The molecule has 0 aliphatic heterocycles. The van der Waals surface area contributed by atoms with Crippen molar-refractivity contribution >= 4 is 5.69 Å². The summed E-state index contributed by atoms with van der Waals surface area (Å²) in [5.41, 5.74) is 1.53. The van der Waals surface area contributed by atoms with E-state index in [4.69, 9.17) is 0 Å². The lowest BCUT2D eigenvalue weighted by Gasteiger charge is -2.09. The Labute approximate surface area is 101 Å². The molecule has 1 saturated carbocycles. The number of hydrogen-bond acceptors (Lipinski definition) is 3. The van der Waals surface area contributed by atoms with Gasteiger partial charge in [0.2, 0.25) is 0 Å². The molecule has 2 rings (SSSR count). The average molecular weight is 234 g/mol. The van der Waals surface area contributed by atoms with Crippen LogP contribution in [0.1, 0.15) is 25.3 Å². The predicted molar refractivity (Wildman–Crippen MR) is 67.0 cm³/mol. The molecule has 17 heavy (non-hydrogen) atoms. The number of hydrogen-bond donors (Lipinski definition) is 1. The van der Waals surface area contributed by atoms with Crippen LogP contribution < -0.4 is 5.32 Å². The summed E-state index contributed by atoms with van der Waals surface area (Å²) < 4.78 is 0. The average Bonchev–Trinajstić information content (AvgIpc) is 3.04.